The Morgan fingerprint density at radius 1 is 0.500 bits per heavy atom. The highest BCUT2D eigenvalue weighted by atomic mass is 19.1. The van der Waals surface area contributed by atoms with Gasteiger partial charge in [0.15, 0.2) is 0 Å². The van der Waals surface area contributed by atoms with Gasteiger partial charge in [0, 0.05) is 22.3 Å². The summed E-state index contributed by atoms with van der Waals surface area (Å²) in [6.07, 6.45) is 7.65. The van der Waals surface area contributed by atoms with Crippen LogP contribution < -0.4 is 0 Å². The van der Waals surface area contributed by atoms with Crippen molar-refractivity contribution in [3.05, 3.63) is 94.6 Å². The van der Waals surface area contributed by atoms with Gasteiger partial charge in [0.25, 0.3) is 0 Å². The zero-order chi connectivity index (χ0) is 24.8. The Labute approximate surface area is 209 Å². The molecular formula is C32H28F2O2. The molecule has 0 heterocycles. The predicted molar refractivity (Wildman–Crippen MR) is 139 cm³/mol. The van der Waals surface area contributed by atoms with Gasteiger partial charge in [0.05, 0.1) is 0 Å². The Bertz CT molecular complexity index is 1340. The summed E-state index contributed by atoms with van der Waals surface area (Å²) in [4.78, 5) is 0. The van der Waals surface area contributed by atoms with E-state index in [1.54, 1.807) is 24.3 Å². The highest BCUT2D eigenvalue weighted by molar-refractivity contribution is 5.93. The summed E-state index contributed by atoms with van der Waals surface area (Å²) in [5, 5.41) is 23.6. The molecule has 0 unspecified atom stereocenters. The topological polar surface area (TPSA) is 40.5 Å². The van der Waals surface area contributed by atoms with E-state index in [1.165, 1.54) is 35.4 Å². The summed E-state index contributed by atoms with van der Waals surface area (Å²) in [6.45, 7) is 0. The number of hydrogen-bond acceptors (Lipinski definition) is 2. The predicted octanol–water partition coefficient (Wildman–Crippen LogP) is 8.13. The molecule has 0 bridgehead atoms. The molecule has 2 aliphatic rings. The van der Waals surface area contributed by atoms with Gasteiger partial charge in [-0.15, -0.1) is 0 Å². The van der Waals surface area contributed by atoms with Crippen LogP contribution in [0.15, 0.2) is 60.7 Å². The summed E-state index contributed by atoms with van der Waals surface area (Å²) in [5.74, 6) is -0.395. The second-order valence-electron chi connectivity index (χ2n) is 10.00. The first-order valence-corrected chi connectivity index (χ1v) is 12.8. The molecular weight excluding hydrogens is 454 g/mol. The normalized spacial score (nSPS) is 14.8. The second kappa shape index (κ2) is 9.09. The van der Waals surface area contributed by atoms with Gasteiger partial charge in [-0.25, -0.2) is 8.78 Å². The minimum atomic E-state index is -0.324. The fourth-order valence-electron chi connectivity index (χ4n) is 6.02. The van der Waals surface area contributed by atoms with Crippen LogP contribution in [0.3, 0.4) is 0 Å². The van der Waals surface area contributed by atoms with Crippen LogP contribution >= 0.6 is 0 Å². The van der Waals surface area contributed by atoms with Crippen LogP contribution in [0, 0.1) is 11.6 Å². The SMILES string of the molecule is Oc1c(-c2ccc(F)cc2)cc2c(c1-c1c(O)c(-c3ccc(F)cc3)cc3c1CCCC3)CCCC2. The number of phenolic OH excluding ortho intramolecular Hbond substituents is 2. The van der Waals surface area contributed by atoms with Gasteiger partial charge in [0.1, 0.15) is 23.1 Å². The van der Waals surface area contributed by atoms with Crippen LogP contribution in [0.1, 0.15) is 47.9 Å². The number of aromatic hydroxyl groups is 2. The molecule has 2 N–H and O–H groups in total. The fraction of sp³-hybridized carbons (Fsp3) is 0.250. The third kappa shape index (κ3) is 3.85. The van der Waals surface area contributed by atoms with Crippen molar-refractivity contribution >= 4 is 0 Å². The molecule has 0 aromatic heterocycles. The molecule has 2 nitrogen and oxygen atoms in total. The number of rotatable bonds is 3. The summed E-state index contributed by atoms with van der Waals surface area (Å²) in [5.41, 5.74) is 8.71. The lowest BCUT2D eigenvalue weighted by Crippen LogP contribution is -2.10. The smallest absolute Gasteiger partial charge is 0.131 e. The monoisotopic (exact) mass is 482 g/mol. The van der Waals surface area contributed by atoms with Gasteiger partial charge in [0.2, 0.25) is 0 Å². The first kappa shape index (κ1) is 22.8. The Kier molecular flexibility index (Phi) is 5.75. The van der Waals surface area contributed by atoms with Crippen molar-refractivity contribution in [2.45, 2.75) is 51.4 Å². The molecule has 6 rings (SSSR count). The Hall–Kier alpha value is -3.66. The van der Waals surface area contributed by atoms with Crippen molar-refractivity contribution in [3.8, 4) is 44.9 Å². The van der Waals surface area contributed by atoms with Gasteiger partial charge in [-0.1, -0.05) is 24.3 Å². The average molecular weight is 483 g/mol. The first-order chi connectivity index (χ1) is 17.5. The van der Waals surface area contributed by atoms with E-state index in [2.05, 4.69) is 0 Å². The van der Waals surface area contributed by atoms with Gasteiger partial charge in [-0.3, -0.25) is 0 Å². The maximum atomic E-state index is 13.7. The molecule has 0 atom stereocenters. The minimum absolute atomic E-state index is 0.126. The molecule has 2 aliphatic carbocycles. The van der Waals surface area contributed by atoms with Crippen molar-refractivity contribution in [1.29, 1.82) is 0 Å². The van der Waals surface area contributed by atoms with Crippen LogP contribution in [0.4, 0.5) is 8.78 Å². The number of halogens is 2. The van der Waals surface area contributed by atoms with Crippen LogP contribution in [-0.4, -0.2) is 10.2 Å². The van der Waals surface area contributed by atoms with Gasteiger partial charge in [-0.05, 0) is 121 Å². The molecule has 0 saturated carbocycles. The highest BCUT2D eigenvalue weighted by Gasteiger charge is 2.29. The summed E-state index contributed by atoms with van der Waals surface area (Å²) in [7, 11) is 0. The third-order valence-corrected chi connectivity index (χ3v) is 7.81. The molecule has 4 aromatic rings. The summed E-state index contributed by atoms with van der Waals surface area (Å²) in [6, 6.07) is 16.4. The van der Waals surface area contributed by atoms with Crippen molar-refractivity contribution in [2.24, 2.45) is 0 Å². The van der Waals surface area contributed by atoms with E-state index >= 15 is 0 Å². The lowest BCUT2D eigenvalue weighted by Gasteiger charge is -2.28. The lowest BCUT2D eigenvalue weighted by molar-refractivity contribution is 0.468. The van der Waals surface area contributed by atoms with E-state index in [9.17, 15) is 19.0 Å². The molecule has 182 valence electrons. The van der Waals surface area contributed by atoms with E-state index in [0.717, 1.165) is 73.6 Å². The molecule has 0 saturated heterocycles. The van der Waals surface area contributed by atoms with Crippen molar-refractivity contribution in [3.63, 3.8) is 0 Å². The van der Waals surface area contributed by atoms with E-state index in [1.807, 2.05) is 12.1 Å². The van der Waals surface area contributed by atoms with E-state index in [4.69, 9.17) is 0 Å². The second-order valence-corrected chi connectivity index (χ2v) is 10.00. The van der Waals surface area contributed by atoms with E-state index in [-0.39, 0.29) is 23.1 Å². The molecule has 36 heavy (non-hydrogen) atoms. The fourth-order valence-corrected chi connectivity index (χ4v) is 6.02. The number of phenols is 2. The quantitative estimate of drug-likeness (QED) is 0.309. The number of aryl methyl sites for hydroxylation is 2. The standard InChI is InChI=1S/C32H28F2O2/c33-23-13-9-19(10-14-23)27-17-21-5-1-3-7-25(21)29(31(27)35)30-26-8-4-2-6-22(26)18-28(32(30)36)20-11-15-24(34)16-12-20/h9-18,35-36H,1-8H2. The van der Waals surface area contributed by atoms with Crippen molar-refractivity contribution in [2.75, 3.05) is 0 Å². The summed E-state index contributed by atoms with van der Waals surface area (Å²) < 4.78 is 27.3. The summed E-state index contributed by atoms with van der Waals surface area (Å²) >= 11 is 0. The van der Waals surface area contributed by atoms with Gasteiger partial charge < -0.3 is 10.2 Å². The maximum Gasteiger partial charge on any atom is 0.131 e. The molecule has 0 amide bonds. The Morgan fingerprint density at radius 2 is 0.861 bits per heavy atom. The largest absolute Gasteiger partial charge is 0.507 e. The van der Waals surface area contributed by atoms with Crippen molar-refractivity contribution < 1.29 is 19.0 Å². The van der Waals surface area contributed by atoms with Crippen LogP contribution in [0.25, 0.3) is 33.4 Å². The molecule has 0 fully saturated rings. The zero-order valence-corrected chi connectivity index (χ0v) is 20.1. The van der Waals surface area contributed by atoms with Gasteiger partial charge >= 0.3 is 0 Å². The Balaban J connectivity index is 1.67. The van der Waals surface area contributed by atoms with E-state index < -0.39 is 0 Å². The average Bonchev–Trinajstić information content (AvgIpc) is 2.90. The molecule has 4 aromatic carbocycles. The Morgan fingerprint density at radius 3 is 1.25 bits per heavy atom. The van der Waals surface area contributed by atoms with Crippen LogP contribution in [-0.2, 0) is 25.7 Å². The highest BCUT2D eigenvalue weighted by Crippen LogP contribution is 2.52. The van der Waals surface area contributed by atoms with Crippen LogP contribution in [0.2, 0.25) is 0 Å². The number of hydrogen-bond donors (Lipinski definition) is 2. The lowest BCUT2D eigenvalue weighted by atomic mass is 9.77. The van der Waals surface area contributed by atoms with Gasteiger partial charge in [-0.2, -0.15) is 0 Å². The minimum Gasteiger partial charge on any atom is -0.507 e. The molecule has 0 spiro atoms. The van der Waals surface area contributed by atoms with Crippen molar-refractivity contribution in [1.82, 2.24) is 0 Å². The zero-order valence-electron chi connectivity index (χ0n) is 20.1. The third-order valence-electron chi connectivity index (χ3n) is 7.81. The van der Waals surface area contributed by atoms with Crippen LogP contribution in [0.5, 0.6) is 11.5 Å². The number of fused-ring (bicyclic) bond motifs is 2. The van der Waals surface area contributed by atoms with E-state index in [0.29, 0.717) is 22.3 Å². The first-order valence-electron chi connectivity index (χ1n) is 12.8. The number of benzene rings is 4. The maximum absolute atomic E-state index is 13.7. The molecule has 0 radical (unpaired) electrons. The molecule has 4 heteroatoms. The molecule has 0 aliphatic heterocycles.